The van der Waals surface area contributed by atoms with E-state index in [0.29, 0.717) is 12.5 Å². The van der Waals surface area contributed by atoms with Crippen LogP contribution in [0.5, 0.6) is 5.75 Å². The van der Waals surface area contributed by atoms with E-state index in [1.165, 1.54) is 25.0 Å². The average molecular weight is 457 g/mol. The molecule has 1 aromatic carbocycles. The molecule has 0 aromatic heterocycles. The molecule has 4 nitrogen and oxygen atoms in total. The Morgan fingerprint density at radius 2 is 1.67 bits per heavy atom. The van der Waals surface area contributed by atoms with Gasteiger partial charge in [-0.1, -0.05) is 25.0 Å². The zero-order valence-electron chi connectivity index (χ0n) is 13.4. The SMILES string of the molecule is I.NC(=NCc1ccc(OCC(F)(F)F)cc1)N1CCCCCC1. The Bertz CT molecular complexity index is 512. The van der Waals surface area contributed by atoms with Gasteiger partial charge in [0.05, 0.1) is 6.54 Å². The second kappa shape index (κ2) is 9.95. The minimum Gasteiger partial charge on any atom is -0.484 e. The molecule has 0 atom stereocenters. The van der Waals surface area contributed by atoms with Gasteiger partial charge < -0.3 is 15.4 Å². The van der Waals surface area contributed by atoms with Crippen LogP contribution >= 0.6 is 24.0 Å². The Balaban J connectivity index is 0.00000288. The van der Waals surface area contributed by atoms with Gasteiger partial charge in [0.25, 0.3) is 0 Å². The Hall–Kier alpha value is -1.19. The number of alkyl halides is 3. The monoisotopic (exact) mass is 457 g/mol. The van der Waals surface area contributed by atoms with Crippen molar-refractivity contribution in [3.63, 3.8) is 0 Å². The van der Waals surface area contributed by atoms with E-state index in [-0.39, 0.29) is 29.7 Å². The Morgan fingerprint density at radius 1 is 1.08 bits per heavy atom. The van der Waals surface area contributed by atoms with Gasteiger partial charge in [-0.3, -0.25) is 0 Å². The summed E-state index contributed by atoms with van der Waals surface area (Å²) >= 11 is 0. The van der Waals surface area contributed by atoms with Crippen LogP contribution in [0.3, 0.4) is 0 Å². The number of aliphatic imine (C=N–C) groups is 1. The third kappa shape index (κ3) is 7.59. The molecule has 0 unspecified atom stereocenters. The fourth-order valence-corrected chi connectivity index (χ4v) is 2.43. The summed E-state index contributed by atoms with van der Waals surface area (Å²) in [4.78, 5) is 6.47. The summed E-state index contributed by atoms with van der Waals surface area (Å²) in [6.45, 7) is 0.980. The number of hydrogen-bond donors (Lipinski definition) is 1. The van der Waals surface area contributed by atoms with Crippen molar-refractivity contribution in [2.75, 3.05) is 19.7 Å². The number of nitrogens with zero attached hydrogens (tertiary/aromatic N) is 2. The van der Waals surface area contributed by atoms with Gasteiger partial charge in [0.15, 0.2) is 12.6 Å². The zero-order chi connectivity index (χ0) is 16.7. The third-order valence-corrected chi connectivity index (χ3v) is 3.68. The quantitative estimate of drug-likeness (QED) is 0.424. The van der Waals surface area contributed by atoms with Crippen LogP contribution in [-0.2, 0) is 6.54 Å². The second-order valence-electron chi connectivity index (χ2n) is 5.62. The molecule has 8 heteroatoms. The first kappa shape index (κ1) is 20.9. The van der Waals surface area contributed by atoms with Crippen molar-refractivity contribution in [1.82, 2.24) is 4.90 Å². The lowest BCUT2D eigenvalue weighted by Gasteiger charge is -2.21. The van der Waals surface area contributed by atoms with Crippen LogP contribution in [0.2, 0.25) is 0 Å². The fourth-order valence-electron chi connectivity index (χ4n) is 2.43. The minimum absolute atomic E-state index is 0. The van der Waals surface area contributed by atoms with E-state index in [4.69, 9.17) is 5.73 Å². The highest BCUT2D eigenvalue weighted by Gasteiger charge is 2.28. The molecule has 1 aliphatic heterocycles. The lowest BCUT2D eigenvalue weighted by Crippen LogP contribution is -2.38. The molecular formula is C16H23F3IN3O. The van der Waals surface area contributed by atoms with Gasteiger partial charge in [-0.15, -0.1) is 24.0 Å². The molecule has 0 saturated carbocycles. The van der Waals surface area contributed by atoms with Gasteiger partial charge in [0.1, 0.15) is 5.75 Å². The van der Waals surface area contributed by atoms with Crippen LogP contribution in [0, 0.1) is 0 Å². The molecule has 2 N–H and O–H groups in total. The first-order valence-electron chi connectivity index (χ1n) is 7.77. The molecule has 0 radical (unpaired) electrons. The molecule has 0 amide bonds. The number of nitrogens with two attached hydrogens (primary N) is 1. The molecule has 1 aliphatic rings. The van der Waals surface area contributed by atoms with Crippen LogP contribution in [0.25, 0.3) is 0 Å². The lowest BCUT2D eigenvalue weighted by molar-refractivity contribution is -0.153. The molecule has 2 rings (SSSR count). The summed E-state index contributed by atoms with van der Waals surface area (Å²) in [5, 5.41) is 0. The highest BCUT2D eigenvalue weighted by atomic mass is 127. The highest BCUT2D eigenvalue weighted by molar-refractivity contribution is 14.0. The normalized spacial score (nSPS) is 16.3. The maximum atomic E-state index is 12.1. The van der Waals surface area contributed by atoms with E-state index in [9.17, 15) is 13.2 Å². The number of rotatable bonds is 4. The number of benzene rings is 1. The number of likely N-dealkylation sites (tertiary alicyclic amines) is 1. The molecule has 0 spiro atoms. The number of halogens is 4. The molecule has 1 fully saturated rings. The standard InChI is InChI=1S/C16H22F3N3O.HI/c17-16(18,19)12-23-14-7-5-13(6-8-14)11-21-15(20)22-9-3-1-2-4-10-22;/h5-8H,1-4,9-12H2,(H2,20,21);1H. The Labute approximate surface area is 157 Å². The Morgan fingerprint density at radius 3 is 2.21 bits per heavy atom. The Kier molecular flexibility index (Phi) is 8.65. The predicted molar refractivity (Wildman–Crippen MR) is 98.8 cm³/mol. The average Bonchev–Trinajstić information content (AvgIpc) is 2.80. The van der Waals surface area contributed by atoms with Crippen molar-refractivity contribution in [2.24, 2.45) is 10.7 Å². The van der Waals surface area contributed by atoms with Crippen LogP contribution in [0.15, 0.2) is 29.3 Å². The molecule has 0 aliphatic carbocycles. The number of hydrogen-bond acceptors (Lipinski definition) is 2. The van der Waals surface area contributed by atoms with Crippen LogP contribution in [0.1, 0.15) is 31.2 Å². The van der Waals surface area contributed by atoms with Crippen molar-refractivity contribution in [3.8, 4) is 5.75 Å². The molecule has 1 aromatic rings. The zero-order valence-corrected chi connectivity index (χ0v) is 15.7. The topological polar surface area (TPSA) is 50.9 Å². The van der Waals surface area contributed by atoms with Crippen molar-refractivity contribution < 1.29 is 17.9 Å². The summed E-state index contributed by atoms with van der Waals surface area (Å²) in [6.07, 6.45) is 0.375. The first-order chi connectivity index (χ1) is 10.9. The van der Waals surface area contributed by atoms with E-state index in [1.807, 2.05) is 0 Å². The maximum Gasteiger partial charge on any atom is 0.422 e. The number of ether oxygens (including phenoxy) is 1. The van der Waals surface area contributed by atoms with Crippen LogP contribution in [-0.4, -0.2) is 36.7 Å². The smallest absolute Gasteiger partial charge is 0.422 e. The summed E-state index contributed by atoms with van der Waals surface area (Å²) in [5.41, 5.74) is 6.89. The van der Waals surface area contributed by atoms with E-state index in [1.54, 1.807) is 12.1 Å². The maximum absolute atomic E-state index is 12.1. The van der Waals surface area contributed by atoms with Crippen LogP contribution < -0.4 is 10.5 Å². The van der Waals surface area contributed by atoms with Gasteiger partial charge in [-0.05, 0) is 30.5 Å². The summed E-state index contributed by atoms with van der Waals surface area (Å²) in [5.74, 6) is 0.722. The molecule has 1 heterocycles. The van der Waals surface area contributed by atoms with Crippen molar-refractivity contribution in [2.45, 2.75) is 38.4 Å². The second-order valence-corrected chi connectivity index (χ2v) is 5.62. The van der Waals surface area contributed by atoms with Gasteiger partial charge in [0.2, 0.25) is 0 Å². The van der Waals surface area contributed by atoms with E-state index in [2.05, 4.69) is 14.6 Å². The summed E-state index contributed by atoms with van der Waals surface area (Å²) in [7, 11) is 0. The predicted octanol–water partition coefficient (Wildman–Crippen LogP) is 3.94. The molecule has 136 valence electrons. The van der Waals surface area contributed by atoms with Gasteiger partial charge in [0, 0.05) is 13.1 Å². The van der Waals surface area contributed by atoms with E-state index >= 15 is 0 Å². The van der Waals surface area contributed by atoms with E-state index < -0.39 is 12.8 Å². The largest absolute Gasteiger partial charge is 0.484 e. The van der Waals surface area contributed by atoms with Gasteiger partial charge in [-0.25, -0.2) is 4.99 Å². The van der Waals surface area contributed by atoms with E-state index in [0.717, 1.165) is 31.5 Å². The summed E-state index contributed by atoms with van der Waals surface area (Å²) in [6, 6.07) is 6.42. The molecule has 24 heavy (non-hydrogen) atoms. The molecular weight excluding hydrogens is 434 g/mol. The summed E-state index contributed by atoms with van der Waals surface area (Å²) < 4.78 is 40.9. The minimum atomic E-state index is -4.33. The first-order valence-corrected chi connectivity index (χ1v) is 7.77. The van der Waals surface area contributed by atoms with Crippen LogP contribution in [0.4, 0.5) is 13.2 Å². The van der Waals surface area contributed by atoms with Crippen molar-refractivity contribution in [3.05, 3.63) is 29.8 Å². The van der Waals surface area contributed by atoms with Crippen molar-refractivity contribution in [1.29, 1.82) is 0 Å². The highest BCUT2D eigenvalue weighted by Crippen LogP contribution is 2.19. The van der Waals surface area contributed by atoms with Gasteiger partial charge >= 0.3 is 6.18 Å². The molecule has 0 bridgehead atoms. The fraction of sp³-hybridized carbons (Fsp3) is 0.562. The third-order valence-electron chi connectivity index (χ3n) is 3.68. The lowest BCUT2D eigenvalue weighted by atomic mass is 10.2. The number of guanidine groups is 1. The van der Waals surface area contributed by atoms with Crippen molar-refractivity contribution >= 4 is 29.9 Å². The van der Waals surface area contributed by atoms with Gasteiger partial charge in [-0.2, -0.15) is 13.2 Å². The molecule has 1 saturated heterocycles.